The number of anilines is 2. The molecule has 2 aromatic heterocycles. The number of urea groups is 1. The molecule has 0 saturated carbocycles. The van der Waals surface area contributed by atoms with E-state index in [1.54, 1.807) is 67.0 Å². The lowest BCUT2D eigenvalue weighted by atomic mass is 10.2. The molecule has 46 heavy (non-hydrogen) atoms. The van der Waals surface area contributed by atoms with Crippen LogP contribution in [0.25, 0.3) is 11.4 Å². The number of H-pyrrole nitrogens is 1. The first-order chi connectivity index (χ1) is 22.2. The van der Waals surface area contributed by atoms with Crippen LogP contribution in [0.4, 0.5) is 20.6 Å². The van der Waals surface area contributed by atoms with E-state index in [1.807, 2.05) is 11.8 Å². The number of aliphatic carboxylic acids is 1. The van der Waals surface area contributed by atoms with Crippen LogP contribution in [-0.2, 0) is 4.79 Å². The number of carbonyl (C=O) groups is 3. The smallest absolute Gasteiger partial charge is 0.323 e. The molecule has 0 spiro atoms. The molecule has 5 rings (SSSR count). The number of ether oxygens (including phenoxy) is 1. The standard InChI is InChI=1S/C33H36FN7O5/c1-22-3-8-27(34)28(17-22)39-33(45)38-24-4-6-25(7-5-24)46-26-9-11-35-30(19-26)29-18-23(20-37-29)32(44)36-10-2-12-40-13-15-41(16-14-40)21-31(42)43/h3-9,11,17-20,37H,2,10,12-16,21H2,1H3,(H,36,44)(H,42,43)(H2,38,39,45). The van der Waals surface area contributed by atoms with Gasteiger partial charge in [-0.1, -0.05) is 6.07 Å². The van der Waals surface area contributed by atoms with E-state index in [-0.39, 0.29) is 18.1 Å². The molecule has 4 aromatic rings. The summed E-state index contributed by atoms with van der Waals surface area (Å²) in [7, 11) is 0. The molecule has 3 amide bonds. The van der Waals surface area contributed by atoms with Crippen molar-refractivity contribution < 1.29 is 28.6 Å². The van der Waals surface area contributed by atoms with Gasteiger partial charge in [-0.15, -0.1) is 0 Å². The van der Waals surface area contributed by atoms with Crippen LogP contribution in [0.2, 0.25) is 0 Å². The number of aromatic amines is 1. The number of rotatable bonds is 12. The molecule has 0 bridgehead atoms. The summed E-state index contributed by atoms with van der Waals surface area (Å²) in [5.41, 5.74) is 3.16. The highest BCUT2D eigenvalue weighted by molar-refractivity contribution is 6.00. The number of nitrogens with one attached hydrogen (secondary N) is 4. The lowest BCUT2D eigenvalue weighted by Crippen LogP contribution is -2.48. The van der Waals surface area contributed by atoms with Crippen LogP contribution in [0.5, 0.6) is 11.5 Å². The van der Waals surface area contributed by atoms with Crippen LogP contribution >= 0.6 is 0 Å². The van der Waals surface area contributed by atoms with E-state index in [0.717, 1.165) is 44.7 Å². The number of aromatic nitrogens is 2. The van der Waals surface area contributed by atoms with Crippen LogP contribution in [0, 0.1) is 12.7 Å². The molecule has 13 heteroatoms. The lowest BCUT2D eigenvalue weighted by molar-refractivity contribution is -0.138. The molecule has 0 unspecified atom stereocenters. The molecule has 0 aliphatic carbocycles. The largest absolute Gasteiger partial charge is 0.480 e. The number of piperazine rings is 1. The van der Waals surface area contributed by atoms with E-state index in [1.165, 1.54) is 6.07 Å². The number of hydrogen-bond acceptors (Lipinski definition) is 7. The number of hydrogen-bond donors (Lipinski definition) is 5. The minimum Gasteiger partial charge on any atom is -0.480 e. The average molecular weight is 630 g/mol. The van der Waals surface area contributed by atoms with Gasteiger partial charge in [-0.25, -0.2) is 9.18 Å². The van der Waals surface area contributed by atoms with E-state index in [9.17, 15) is 18.8 Å². The number of halogens is 1. The average Bonchev–Trinajstić information content (AvgIpc) is 3.54. The summed E-state index contributed by atoms with van der Waals surface area (Å²) in [6.45, 7) is 6.34. The zero-order valence-electron chi connectivity index (χ0n) is 25.4. The first kappa shape index (κ1) is 32.1. The number of carboxylic acid groups (broad SMARTS) is 1. The Hall–Kier alpha value is -5.27. The van der Waals surface area contributed by atoms with Crippen molar-refractivity contribution >= 4 is 29.3 Å². The number of pyridine rings is 1. The number of benzene rings is 2. The van der Waals surface area contributed by atoms with Crippen molar-refractivity contribution in [1.82, 2.24) is 25.1 Å². The number of amides is 3. The topological polar surface area (TPSA) is 152 Å². The SMILES string of the molecule is Cc1ccc(F)c(NC(=O)Nc2ccc(Oc3ccnc(-c4cc(C(=O)NCCCN5CCN(CC(=O)O)CC5)c[nH]4)c3)cc2)c1. The third kappa shape index (κ3) is 9.13. The van der Waals surface area contributed by atoms with Gasteiger partial charge in [0.1, 0.15) is 17.3 Å². The van der Waals surface area contributed by atoms with Gasteiger partial charge >= 0.3 is 12.0 Å². The molecular weight excluding hydrogens is 593 g/mol. The number of carbonyl (C=O) groups excluding carboxylic acids is 2. The fourth-order valence-electron chi connectivity index (χ4n) is 5.03. The highest BCUT2D eigenvalue weighted by Crippen LogP contribution is 2.27. The summed E-state index contributed by atoms with van der Waals surface area (Å²) in [6, 6.07) is 15.8. The van der Waals surface area contributed by atoms with Crippen LogP contribution in [0.3, 0.4) is 0 Å². The molecule has 1 saturated heterocycles. The molecule has 1 aliphatic rings. The Labute approximate surface area is 265 Å². The maximum absolute atomic E-state index is 13.9. The molecule has 240 valence electrons. The van der Waals surface area contributed by atoms with Gasteiger partial charge in [0, 0.05) is 56.9 Å². The minimum atomic E-state index is -0.805. The highest BCUT2D eigenvalue weighted by atomic mass is 19.1. The molecule has 2 aromatic carbocycles. The first-order valence-electron chi connectivity index (χ1n) is 14.9. The van der Waals surface area contributed by atoms with Crippen molar-refractivity contribution in [1.29, 1.82) is 0 Å². The third-order valence-corrected chi connectivity index (χ3v) is 7.43. The Morgan fingerprint density at radius 2 is 1.72 bits per heavy atom. The maximum atomic E-state index is 13.9. The second-order valence-electron chi connectivity index (χ2n) is 11.0. The summed E-state index contributed by atoms with van der Waals surface area (Å²) in [5, 5.41) is 17.1. The highest BCUT2D eigenvalue weighted by Gasteiger charge is 2.18. The van der Waals surface area contributed by atoms with Crippen molar-refractivity contribution in [3.05, 3.63) is 90.0 Å². The van der Waals surface area contributed by atoms with E-state index < -0.39 is 17.8 Å². The molecule has 1 aliphatic heterocycles. The molecule has 3 heterocycles. The van der Waals surface area contributed by atoms with E-state index >= 15 is 0 Å². The Kier molecular flexibility index (Phi) is 10.6. The normalized spacial score (nSPS) is 13.6. The second kappa shape index (κ2) is 15.1. The van der Waals surface area contributed by atoms with Crippen LogP contribution in [0.1, 0.15) is 22.3 Å². The lowest BCUT2D eigenvalue weighted by Gasteiger charge is -2.33. The number of nitrogens with zero attached hydrogens (tertiary/aromatic N) is 3. The van der Waals surface area contributed by atoms with E-state index in [2.05, 4.69) is 30.8 Å². The predicted molar refractivity (Wildman–Crippen MR) is 172 cm³/mol. The van der Waals surface area contributed by atoms with Crippen molar-refractivity contribution in [2.75, 3.05) is 56.4 Å². The Bertz CT molecular complexity index is 1670. The quantitative estimate of drug-likeness (QED) is 0.141. The van der Waals surface area contributed by atoms with Gasteiger partial charge in [0.15, 0.2) is 0 Å². The minimum absolute atomic E-state index is 0.0743. The summed E-state index contributed by atoms with van der Waals surface area (Å²) in [5.74, 6) is -0.451. The maximum Gasteiger partial charge on any atom is 0.323 e. The van der Waals surface area contributed by atoms with Crippen molar-refractivity contribution in [3.8, 4) is 22.9 Å². The number of carboxylic acids is 1. The van der Waals surface area contributed by atoms with Gasteiger partial charge in [-0.2, -0.15) is 0 Å². The van der Waals surface area contributed by atoms with Gasteiger partial charge in [0.2, 0.25) is 0 Å². The molecule has 1 fully saturated rings. The third-order valence-electron chi connectivity index (χ3n) is 7.43. The zero-order valence-corrected chi connectivity index (χ0v) is 25.4. The van der Waals surface area contributed by atoms with Crippen LogP contribution < -0.4 is 20.7 Å². The Morgan fingerprint density at radius 1 is 0.957 bits per heavy atom. The molecule has 0 radical (unpaired) electrons. The van der Waals surface area contributed by atoms with E-state index in [0.29, 0.717) is 40.7 Å². The predicted octanol–water partition coefficient (Wildman–Crippen LogP) is 4.78. The summed E-state index contributed by atoms with van der Waals surface area (Å²) in [4.78, 5) is 47.6. The Morgan fingerprint density at radius 3 is 2.48 bits per heavy atom. The molecule has 12 nitrogen and oxygen atoms in total. The van der Waals surface area contributed by atoms with Gasteiger partial charge in [-0.05, 0) is 74.0 Å². The summed E-state index contributed by atoms with van der Waals surface area (Å²) < 4.78 is 19.9. The fraction of sp³-hybridized carbons (Fsp3) is 0.273. The van der Waals surface area contributed by atoms with Gasteiger partial charge < -0.3 is 35.7 Å². The van der Waals surface area contributed by atoms with Crippen LogP contribution in [-0.4, -0.2) is 88.6 Å². The van der Waals surface area contributed by atoms with Crippen molar-refractivity contribution in [3.63, 3.8) is 0 Å². The summed E-state index contributed by atoms with van der Waals surface area (Å²) in [6.07, 6.45) is 4.04. The van der Waals surface area contributed by atoms with Gasteiger partial charge in [0.25, 0.3) is 5.91 Å². The second-order valence-corrected chi connectivity index (χ2v) is 11.0. The molecule has 0 atom stereocenters. The molecule has 5 N–H and O–H groups in total. The first-order valence-corrected chi connectivity index (χ1v) is 14.9. The van der Waals surface area contributed by atoms with Gasteiger partial charge in [0.05, 0.1) is 29.2 Å². The monoisotopic (exact) mass is 629 g/mol. The Balaban J connectivity index is 1.07. The number of aryl methyl sites for hydroxylation is 1. The van der Waals surface area contributed by atoms with Gasteiger partial charge in [-0.3, -0.25) is 19.5 Å². The molecular formula is C33H36FN7O5. The fourth-order valence-corrected chi connectivity index (χ4v) is 5.03. The summed E-state index contributed by atoms with van der Waals surface area (Å²) >= 11 is 0. The van der Waals surface area contributed by atoms with E-state index in [4.69, 9.17) is 9.84 Å². The van der Waals surface area contributed by atoms with Crippen molar-refractivity contribution in [2.24, 2.45) is 0 Å². The van der Waals surface area contributed by atoms with Crippen molar-refractivity contribution in [2.45, 2.75) is 13.3 Å². The van der Waals surface area contributed by atoms with Crippen LogP contribution in [0.15, 0.2) is 73.1 Å². The zero-order chi connectivity index (χ0) is 32.5.